The molecule has 3 fully saturated rings. The van der Waals surface area contributed by atoms with Crippen LogP contribution in [0.4, 0.5) is 4.39 Å². The van der Waals surface area contributed by atoms with E-state index in [0.29, 0.717) is 36.6 Å². The molecule has 1 aromatic heterocycles. The molecule has 2 saturated carbocycles. The molecule has 1 saturated heterocycles. The monoisotopic (exact) mass is 486 g/mol. The van der Waals surface area contributed by atoms with Crippen LogP contribution in [0.3, 0.4) is 0 Å². The molecule has 0 aromatic carbocycles. The molecule has 2 N–H and O–H groups in total. The highest BCUT2D eigenvalue weighted by molar-refractivity contribution is 6.30. The number of hydrogen-bond acceptors (Lipinski definition) is 3. The van der Waals surface area contributed by atoms with Gasteiger partial charge >= 0.3 is 0 Å². The van der Waals surface area contributed by atoms with Crippen molar-refractivity contribution in [3.05, 3.63) is 18.7 Å². The fourth-order valence-corrected chi connectivity index (χ4v) is 6.96. The van der Waals surface area contributed by atoms with Gasteiger partial charge in [0.25, 0.3) is 0 Å². The van der Waals surface area contributed by atoms with E-state index >= 15 is 0 Å². The van der Waals surface area contributed by atoms with E-state index in [1.807, 2.05) is 12.5 Å². The van der Waals surface area contributed by atoms with Gasteiger partial charge < -0.3 is 9.88 Å². The van der Waals surface area contributed by atoms with Crippen molar-refractivity contribution in [1.29, 1.82) is 0 Å². The predicted molar refractivity (Wildman–Crippen MR) is 126 cm³/mol. The summed E-state index contributed by atoms with van der Waals surface area (Å²) in [6.45, 7) is 3.67. The molecule has 4 rings (SSSR count). The molecule has 1 aliphatic heterocycles. The van der Waals surface area contributed by atoms with Crippen LogP contribution in [0.2, 0.25) is 0 Å². The Hall–Kier alpha value is -0.850. The van der Waals surface area contributed by atoms with E-state index in [1.54, 1.807) is 6.20 Å². The number of nitrogens with zero attached hydrogens (tertiary/aromatic N) is 2. The Bertz CT molecular complexity index is 736. The van der Waals surface area contributed by atoms with Crippen LogP contribution >= 0.6 is 23.2 Å². The van der Waals surface area contributed by atoms with Gasteiger partial charge in [-0.3, -0.25) is 10.1 Å². The number of piperidine rings is 1. The van der Waals surface area contributed by atoms with E-state index in [9.17, 15) is 9.18 Å². The fourth-order valence-electron chi connectivity index (χ4n) is 6.35. The number of nitrogens with one attached hydrogen (secondary N) is 2. The van der Waals surface area contributed by atoms with Crippen molar-refractivity contribution >= 4 is 29.1 Å². The number of halogens is 3. The number of aromatic nitrogens is 2. The molecular weight excluding hydrogens is 450 g/mol. The molecular formula is C24H37Cl2FN4O. The lowest BCUT2D eigenvalue weighted by Crippen LogP contribution is -2.49. The van der Waals surface area contributed by atoms with E-state index in [2.05, 4.69) is 27.1 Å². The molecule has 9 unspecified atom stereocenters. The highest BCUT2D eigenvalue weighted by atomic mass is 35.5. The first kappa shape index (κ1) is 24.3. The van der Waals surface area contributed by atoms with Gasteiger partial charge in [0, 0.05) is 42.8 Å². The van der Waals surface area contributed by atoms with Crippen molar-refractivity contribution in [2.24, 2.45) is 29.6 Å². The average Bonchev–Trinajstić information content (AvgIpc) is 3.27. The summed E-state index contributed by atoms with van der Waals surface area (Å²) < 4.78 is 16.0. The van der Waals surface area contributed by atoms with E-state index in [-0.39, 0.29) is 28.6 Å². The molecule has 3 aliphatic rings. The van der Waals surface area contributed by atoms with Crippen molar-refractivity contribution in [3.8, 4) is 0 Å². The quantitative estimate of drug-likeness (QED) is 0.451. The average molecular weight is 487 g/mol. The van der Waals surface area contributed by atoms with Crippen molar-refractivity contribution < 1.29 is 9.18 Å². The van der Waals surface area contributed by atoms with E-state index in [0.717, 1.165) is 51.5 Å². The van der Waals surface area contributed by atoms with E-state index in [1.165, 1.54) is 0 Å². The second kappa shape index (κ2) is 11.1. The van der Waals surface area contributed by atoms with Crippen LogP contribution in [0.25, 0.3) is 0 Å². The van der Waals surface area contributed by atoms with E-state index in [4.69, 9.17) is 23.2 Å². The normalized spacial score (nSPS) is 40.7. The first-order valence-corrected chi connectivity index (χ1v) is 13.2. The van der Waals surface area contributed by atoms with Crippen molar-refractivity contribution in [3.63, 3.8) is 0 Å². The van der Waals surface area contributed by atoms with E-state index < -0.39 is 6.30 Å². The molecule has 8 heteroatoms. The SMILES string of the molecule is CC1NC(F)CCC1C1CC(Cn2ccnc2)CC(C(=O)NCC2CCC(Cl)C(Cl)C2)C1. The van der Waals surface area contributed by atoms with Gasteiger partial charge in [0.1, 0.15) is 0 Å². The maximum absolute atomic E-state index is 13.8. The van der Waals surface area contributed by atoms with Gasteiger partial charge in [0.05, 0.1) is 11.7 Å². The van der Waals surface area contributed by atoms with Crippen molar-refractivity contribution in [1.82, 2.24) is 20.2 Å². The van der Waals surface area contributed by atoms with Gasteiger partial charge in [-0.1, -0.05) is 0 Å². The zero-order chi connectivity index (χ0) is 22.7. The van der Waals surface area contributed by atoms with Gasteiger partial charge in [-0.05, 0) is 82.0 Å². The molecule has 0 radical (unpaired) electrons. The summed E-state index contributed by atoms with van der Waals surface area (Å²) in [5.74, 6) is 1.85. The third-order valence-electron chi connectivity index (χ3n) is 8.05. The van der Waals surface area contributed by atoms with Crippen LogP contribution in [-0.2, 0) is 11.3 Å². The van der Waals surface area contributed by atoms with Gasteiger partial charge in [-0.15, -0.1) is 23.2 Å². The minimum absolute atomic E-state index is 0.00809. The summed E-state index contributed by atoms with van der Waals surface area (Å²) in [7, 11) is 0. The van der Waals surface area contributed by atoms with Crippen molar-refractivity contribution in [2.45, 2.75) is 87.9 Å². The predicted octanol–water partition coefficient (Wildman–Crippen LogP) is 4.73. The first-order valence-electron chi connectivity index (χ1n) is 12.3. The summed E-state index contributed by atoms with van der Waals surface area (Å²) in [4.78, 5) is 17.4. The molecule has 0 spiro atoms. The summed E-state index contributed by atoms with van der Waals surface area (Å²) in [6, 6.07) is 0.144. The molecule has 9 atom stereocenters. The molecule has 5 nitrogen and oxygen atoms in total. The Kier molecular flexibility index (Phi) is 8.38. The Morgan fingerprint density at radius 2 is 1.97 bits per heavy atom. The Balaban J connectivity index is 1.38. The zero-order valence-corrected chi connectivity index (χ0v) is 20.4. The Morgan fingerprint density at radius 1 is 1.12 bits per heavy atom. The molecule has 180 valence electrons. The van der Waals surface area contributed by atoms with Crippen LogP contribution in [-0.4, -0.2) is 45.1 Å². The maximum atomic E-state index is 13.8. The highest BCUT2D eigenvalue weighted by Gasteiger charge is 2.40. The third kappa shape index (κ3) is 6.18. The largest absolute Gasteiger partial charge is 0.356 e. The van der Waals surface area contributed by atoms with Crippen LogP contribution < -0.4 is 10.6 Å². The minimum atomic E-state index is -0.903. The standard InChI is InChI=1S/C24H37Cl2FN4O/c1-15-20(3-5-23(27)30-15)18-8-17(13-31-7-6-28-14-31)9-19(11-18)24(32)29-12-16-2-4-21(25)22(26)10-16/h6-7,14-23,30H,2-5,8-13H2,1H3,(H,29,32). The number of amides is 1. The van der Waals surface area contributed by atoms with Gasteiger partial charge in [-0.2, -0.15) is 0 Å². The van der Waals surface area contributed by atoms with Crippen molar-refractivity contribution in [2.75, 3.05) is 6.54 Å². The molecule has 1 amide bonds. The van der Waals surface area contributed by atoms with Gasteiger partial charge in [0.2, 0.25) is 5.91 Å². The maximum Gasteiger partial charge on any atom is 0.223 e. The lowest BCUT2D eigenvalue weighted by molar-refractivity contribution is -0.128. The molecule has 0 bridgehead atoms. The lowest BCUT2D eigenvalue weighted by Gasteiger charge is -2.43. The summed E-state index contributed by atoms with van der Waals surface area (Å²) in [5, 5.41) is 6.38. The van der Waals surface area contributed by atoms with Crippen LogP contribution in [0.5, 0.6) is 0 Å². The Labute approximate surface area is 201 Å². The number of carbonyl (C=O) groups excluding carboxylic acids is 1. The number of imidazole rings is 1. The second-order valence-electron chi connectivity index (χ2n) is 10.4. The third-order valence-corrected chi connectivity index (χ3v) is 9.19. The van der Waals surface area contributed by atoms with Gasteiger partial charge in [0.15, 0.2) is 6.30 Å². The molecule has 2 aliphatic carbocycles. The number of hydrogen-bond donors (Lipinski definition) is 2. The number of alkyl halides is 3. The minimum Gasteiger partial charge on any atom is -0.356 e. The second-order valence-corrected chi connectivity index (χ2v) is 11.5. The van der Waals surface area contributed by atoms with Crippen LogP contribution in [0.15, 0.2) is 18.7 Å². The topological polar surface area (TPSA) is 59.0 Å². The van der Waals surface area contributed by atoms with Crippen LogP contribution in [0, 0.1) is 29.6 Å². The first-order chi connectivity index (χ1) is 15.4. The Morgan fingerprint density at radius 3 is 2.69 bits per heavy atom. The molecule has 2 heterocycles. The summed E-state index contributed by atoms with van der Waals surface area (Å²) >= 11 is 12.6. The van der Waals surface area contributed by atoms with Crippen LogP contribution in [0.1, 0.15) is 58.3 Å². The smallest absolute Gasteiger partial charge is 0.223 e. The number of rotatable bonds is 6. The fraction of sp³-hybridized carbons (Fsp3) is 0.833. The lowest BCUT2D eigenvalue weighted by atomic mass is 9.66. The molecule has 1 aromatic rings. The van der Waals surface area contributed by atoms with Gasteiger partial charge in [-0.25, -0.2) is 9.37 Å². The highest BCUT2D eigenvalue weighted by Crippen LogP contribution is 2.42. The molecule has 32 heavy (non-hydrogen) atoms. The number of carbonyl (C=O) groups is 1. The summed E-state index contributed by atoms with van der Waals surface area (Å²) in [6.07, 6.45) is 11.9. The summed E-state index contributed by atoms with van der Waals surface area (Å²) in [5.41, 5.74) is 0. The zero-order valence-electron chi connectivity index (χ0n) is 18.9.